The van der Waals surface area contributed by atoms with Crippen molar-refractivity contribution in [1.82, 2.24) is 4.90 Å². The van der Waals surface area contributed by atoms with Gasteiger partial charge < -0.3 is 5.11 Å². The van der Waals surface area contributed by atoms with E-state index in [9.17, 15) is 19.1 Å². The number of imide groups is 1. The van der Waals surface area contributed by atoms with E-state index in [2.05, 4.69) is 0 Å². The molecule has 1 saturated heterocycles. The van der Waals surface area contributed by atoms with Crippen molar-refractivity contribution in [2.24, 2.45) is 0 Å². The maximum absolute atomic E-state index is 14.1. The standard InChI is InChI=1S/C24H16Cl2FNO3S/c25-18-5-2-1-4-15(18)10-14-8-9-21(29)16(11-14)12-22-23(30)28(24(31)32-22)13-17-19(26)6-3-7-20(17)27/h1-9,11-12,29H,10,13H2/b22-12-. The summed E-state index contributed by atoms with van der Waals surface area (Å²) in [5, 5.41) is 10.5. The van der Waals surface area contributed by atoms with Crippen molar-refractivity contribution in [2.75, 3.05) is 0 Å². The molecule has 0 aromatic heterocycles. The van der Waals surface area contributed by atoms with Gasteiger partial charge in [0.2, 0.25) is 0 Å². The van der Waals surface area contributed by atoms with E-state index in [1.54, 1.807) is 18.2 Å². The third-order valence-corrected chi connectivity index (χ3v) is 6.61. The van der Waals surface area contributed by atoms with Crippen LogP contribution in [-0.2, 0) is 17.8 Å². The molecule has 3 aromatic rings. The largest absolute Gasteiger partial charge is 0.507 e. The van der Waals surface area contributed by atoms with Gasteiger partial charge in [-0.3, -0.25) is 14.5 Å². The van der Waals surface area contributed by atoms with Crippen molar-refractivity contribution in [3.05, 3.63) is 104 Å². The van der Waals surface area contributed by atoms with Crippen molar-refractivity contribution in [1.29, 1.82) is 0 Å². The van der Waals surface area contributed by atoms with Crippen LogP contribution in [0.3, 0.4) is 0 Å². The monoisotopic (exact) mass is 487 g/mol. The highest BCUT2D eigenvalue weighted by molar-refractivity contribution is 8.18. The molecular weight excluding hydrogens is 472 g/mol. The number of rotatable bonds is 5. The number of carbonyl (C=O) groups excluding carboxylic acids is 2. The minimum Gasteiger partial charge on any atom is -0.507 e. The Morgan fingerprint density at radius 2 is 1.75 bits per heavy atom. The van der Waals surface area contributed by atoms with Gasteiger partial charge in [0.1, 0.15) is 11.6 Å². The van der Waals surface area contributed by atoms with Crippen LogP contribution in [0, 0.1) is 5.82 Å². The van der Waals surface area contributed by atoms with E-state index < -0.39 is 17.0 Å². The van der Waals surface area contributed by atoms with E-state index in [-0.39, 0.29) is 27.8 Å². The maximum atomic E-state index is 14.1. The van der Waals surface area contributed by atoms with Gasteiger partial charge in [-0.05, 0) is 65.7 Å². The average molecular weight is 488 g/mol. The normalized spacial score (nSPS) is 15.1. The summed E-state index contributed by atoms with van der Waals surface area (Å²) in [6.07, 6.45) is 1.99. The number of halogens is 3. The summed E-state index contributed by atoms with van der Waals surface area (Å²) in [4.78, 5) is 26.3. The molecule has 1 aliphatic heterocycles. The molecule has 1 N–H and O–H groups in total. The third kappa shape index (κ3) is 4.67. The first-order chi connectivity index (χ1) is 15.3. The molecule has 0 saturated carbocycles. The van der Waals surface area contributed by atoms with Gasteiger partial charge in [-0.25, -0.2) is 4.39 Å². The van der Waals surface area contributed by atoms with Crippen LogP contribution in [0.15, 0.2) is 65.6 Å². The molecule has 0 spiro atoms. The Morgan fingerprint density at radius 3 is 2.50 bits per heavy atom. The minimum absolute atomic E-state index is 0.0307. The molecule has 4 rings (SSSR count). The molecule has 0 aliphatic carbocycles. The lowest BCUT2D eigenvalue weighted by Crippen LogP contribution is -2.28. The minimum atomic E-state index is -0.592. The Kier molecular flexibility index (Phi) is 6.55. The first-order valence-electron chi connectivity index (χ1n) is 9.57. The number of phenolic OH excluding ortho intramolecular Hbond substituents is 1. The van der Waals surface area contributed by atoms with Crippen molar-refractivity contribution < 1.29 is 19.1 Å². The predicted octanol–water partition coefficient (Wildman–Crippen LogP) is 6.67. The van der Waals surface area contributed by atoms with Gasteiger partial charge in [-0.1, -0.05) is 53.5 Å². The Morgan fingerprint density at radius 1 is 1.00 bits per heavy atom. The van der Waals surface area contributed by atoms with Gasteiger partial charge in [0, 0.05) is 21.2 Å². The highest BCUT2D eigenvalue weighted by Gasteiger charge is 2.36. The Labute approximate surface area is 198 Å². The fraction of sp³-hybridized carbons (Fsp3) is 0.0833. The molecule has 4 nitrogen and oxygen atoms in total. The first-order valence-corrected chi connectivity index (χ1v) is 11.1. The van der Waals surface area contributed by atoms with Crippen molar-refractivity contribution in [2.45, 2.75) is 13.0 Å². The lowest BCUT2D eigenvalue weighted by molar-refractivity contribution is -0.123. The summed E-state index contributed by atoms with van der Waals surface area (Å²) >= 11 is 13.0. The van der Waals surface area contributed by atoms with E-state index in [4.69, 9.17) is 23.2 Å². The molecule has 1 aliphatic rings. The van der Waals surface area contributed by atoms with Crippen LogP contribution in [0.25, 0.3) is 6.08 Å². The van der Waals surface area contributed by atoms with Crippen molar-refractivity contribution in [3.63, 3.8) is 0 Å². The molecular formula is C24H16Cl2FNO3S. The highest BCUT2D eigenvalue weighted by Crippen LogP contribution is 2.36. The topological polar surface area (TPSA) is 57.6 Å². The van der Waals surface area contributed by atoms with Crippen LogP contribution >= 0.6 is 35.0 Å². The van der Waals surface area contributed by atoms with Gasteiger partial charge >= 0.3 is 0 Å². The van der Waals surface area contributed by atoms with E-state index in [1.807, 2.05) is 18.2 Å². The molecule has 1 heterocycles. The Hall–Kier alpha value is -2.80. The van der Waals surface area contributed by atoms with E-state index >= 15 is 0 Å². The van der Waals surface area contributed by atoms with Gasteiger partial charge in [-0.15, -0.1) is 0 Å². The number of benzene rings is 3. The lowest BCUT2D eigenvalue weighted by atomic mass is 10.0. The molecule has 32 heavy (non-hydrogen) atoms. The fourth-order valence-electron chi connectivity index (χ4n) is 3.31. The zero-order valence-corrected chi connectivity index (χ0v) is 18.8. The van der Waals surface area contributed by atoms with Gasteiger partial charge in [-0.2, -0.15) is 0 Å². The average Bonchev–Trinajstić information content (AvgIpc) is 3.02. The molecule has 0 unspecified atom stereocenters. The van der Waals surface area contributed by atoms with Crippen LogP contribution in [0.4, 0.5) is 9.18 Å². The molecule has 0 radical (unpaired) electrons. The summed E-state index contributed by atoms with van der Waals surface area (Å²) in [5.74, 6) is -1.20. The molecule has 162 valence electrons. The quantitative estimate of drug-likeness (QED) is 0.408. The summed E-state index contributed by atoms with van der Waals surface area (Å²) in [6.45, 7) is -0.272. The first kappa shape index (κ1) is 22.4. The molecule has 1 fully saturated rings. The van der Waals surface area contributed by atoms with Crippen LogP contribution in [0.1, 0.15) is 22.3 Å². The third-order valence-electron chi connectivity index (χ3n) is 4.98. The summed E-state index contributed by atoms with van der Waals surface area (Å²) in [5.41, 5.74) is 2.26. The second kappa shape index (κ2) is 9.36. The van der Waals surface area contributed by atoms with E-state index in [1.165, 1.54) is 30.3 Å². The number of aromatic hydroxyl groups is 1. The maximum Gasteiger partial charge on any atom is 0.293 e. The smallest absolute Gasteiger partial charge is 0.293 e. The van der Waals surface area contributed by atoms with Gasteiger partial charge in [0.05, 0.1) is 11.4 Å². The van der Waals surface area contributed by atoms with Crippen LogP contribution in [-0.4, -0.2) is 21.2 Å². The number of hydrogen-bond donors (Lipinski definition) is 1. The second-order valence-electron chi connectivity index (χ2n) is 7.13. The summed E-state index contributed by atoms with van der Waals surface area (Å²) < 4.78 is 14.1. The Bertz CT molecular complexity index is 1240. The number of carbonyl (C=O) groups is 2. The van der Waals surface area contributed by atoms with Crippen LogP contribution in [0.2, 0.25) is 10.0 Å². The van der Waals surface area contributed by atoms with Gasteiger partial charge in [0.15, 0.2) is 0 Å². The number of thioether (sulfide) groups is 1. The second-order valence-corrected chi connectivity index (χ2v) is 8.94. The Balaban J connectivity index is 1.59. The number of nitrogens with zero attached hydrogens (tertiary/aromatic N) is 1. The summed E-state index contributed by atoms with van der Waals surface area (Å²) in [6, 6.07) is 16.6. The molecule has 0 bridgehead atoms. The zero-order chi connectivity index (χ0) is 22.8. The predicted molar refractivity (Wildman–Crippen MR) is 125 cm³/mol. The molecule has 8 heteroatoms. The van der Waals surface area contributed by atoms with E-state index in [0.29, 0.717) is 17.0 Å². The number of amides is 2. The van der Waals surface area contributed by atoms with Crippen LogP contribution in [0.5, 0.6) is 5.75 Å². The summed E-state index contributed by atoms with van der Waals surface area (Å²) in [7, 11) is 0. The fourth-order valence-corrected chi connectivity index (χ4v) is 4.56. The number of hydrogen-bond acceptors (Lipinski definition) is 4. The molecule has 3 aromatic carbocycles. The van der Waals surface area contributed by atoms with Crippen molar-refractivity contribution >= 4 is 52.2 Å². The SMILES string of the molecule is O=C1S/C(=C\c2cc(Cc3ccccc3Cl)ccc2O)C(=O)N1Cc1c(F)cccc1Cl. The van der Waals surface area contributed by atoms with Crippen molar-refractivity contribution in [3.8, 4) is 5.75 Å². The molecule has 0 atom stereocenters. The van der Waals surface area contributed by atoms with Crippen LogP contribution < -0.4 is 0 Å². The highest BCUT2D eigenvalue weighted by atomic mass is 35.5. The zero-order valence-electron chi connectivity index (χ0n) is 16.5. The van der Waals surface area contributed by atoms with Gasteiger partial charge in [0.25, 0.3) is 11.1 Å². The molecule has 2 amide bonds. The number of phenols is 1. The lowest BCUT2D eigenvalue weighted by Gasteiger charge is -2.14. The van der Waals surface area contributed by atoms with E-state index in [0.717, 1.165) is 27.8 Å².